The Kier molecular flexibility index (Phi) is 4.00. The fourth-order valence-corrected chi connectivity index (χ4v) is 3.09. The Morgan fingerprint density at radius 3 is 2.82 bits per heavy atom. The van der Waals surface area contributed by atoms with Crippen molar-refractivity contribution in [1.82, 2.24) is 4.98 Å². The Labute approximate surface area is 136 Å². The minimum absolute atomic E-state index is 0.265. The van der Waals surface area contributed by atoms with Gasteiger partial charge in [0.25, 0.3) is 5.91 Å². The molecule has 4 nitrogen and oxygen atoms in total. The van der Waals surface area contributed by atoms with Crippen LogP contribution >= 0.6 is 22.9 Å². The quantitative estimate of drug-likeness (QED) is 0.740. The van der Waals surface area contributed by atoms with Crippen LogP contribution in [0.25, 0.3) is 10.6 Å². The lowest BCUT2D eigenvalue weighted by atomic mass is 10.2. The molecular weight excluding hydrogens is 320 g/mol. The largest absolute Gasteiger partial charge is 0.442 e. The number of hydrogen-bond donors (Lipinski definition) is 1. The molecule has 1 N–H and O–H groups in total. The Hall–Kier alpha value is -2.11. The summed E-state index contributed by atoms with van der Waals surface area (Å²) in [4.78, 5) is 18.5. The number of hydrogen-bond acceptors (Lipinski definition) is 4. The second-order valence-corrected chi connectivity index (χ2v) is 6.50. The predicted octanol–water partition coefficient (Wildman–Crippen LogP) is 4.93. The molecular formula is C16H13ClN2O2S. The fourth-order valence-electron chi connectivity index (χ4n) is 2.06. The highest BCUT2D eigenvalue weighted by Gasteiger charge is 2.20. The molecule has 0 atom stereocenters. The van der Waals surface area contributed by atoms with E-state index in [9.17, 15) is 4.79 Å². The van der Waals surface area contributed by atoms with Crippen molar-refractivity contribution in [3.8, 4) is 10.6 Å². The lowest BCUT2D eigenvalue weighted by Gasteiger charge is -2.08. The molecule has 22 heavy (non-hydrogen) atoms. The first-order valence-electron chi connectivity index (χ1n) is 6.63. The molecule has 3 rings (SSSR count). The molecule has 2 heterocycles. The van der Waals surface area contributed by atoms with Gasteiger partial charge in [0.15, 0.2) is 17.8 Å². The summed E-state index contributed by atoms with van der Waals surface area (Å²) in [7, 11) is 0. The van der Waals surface area contributed by atoms with E-state index in [2.05, 4.69) is 10.3 Å². The second kappa shape index (κ2) is 5.94. The van der Waals surface area contributed by atoms with Crippen molar-refractivity contribution in [2.75, 3.05) is 5.32 Å². The highest BCUT2D eigenvalue weighted by Crippen LogP contribution is 2.31. The standard InChI is InChI=1S/C16H13ClN2O2S/c1-9-6-7-13(22-9)15-14(18-8-21-15)16(20)19-12-5-3-4-11(17)10(12)2/h3-8H,1-2H3,(H,19,20). The first kappa shape index (κ1) is 14.8. The molecule has 3 aromatic rings. The zero-order valence-corrected chi connectivity index (χ0v) is 13.6. The van der Waals surface area contributed by atoms with Gasteiger partial charge in [0.1, 0.15) is 0 Å². The number of aryl methyl sites for hydroxylation is 1. The van der Waals surface area contributed by atoms with E-state index in [-0.39, 0.29) is 11.6 Å². The number of benzene rings is 1. The van der Waals surface area contributed by atoms with Crippen LogP contribution in [0.3, 0.4) is 0 Å². The number of rotatable bonds is 3. The maximum absolute atomic E-state index is 12.5. The molecule has 1 amide bonds. The van der Waals surface area contributed by atoms with Gasteiger partial charge in [-0.25, -0.2) is 4.98 Å². The summed E-state index contributed by atoms with van der Waals surface area (Å²) in [6, 6.07) is 9.27. The monoisotopic (exact) mass is 332 g/mol. The maximum Gasteiger partial charge on any atom is 0.278 e. The fraction of sp³-hybridized carbons (Fsp3) is 0.125. The minimum Gasteiger partial charge on any atom is -0.442 e. The van der Waals surface area contributed by atoms with Crippen LogP contribution in [0.4, 0.5) is 5.69 Å². The van der Waals surface area contributed by atoms with Gasteiger partial charge in [-0.15, -0.1) is 11.3 Å². The van der Waals surface area contributed by atoms with Crippen molar-refractivity contribution in [2.24, 2.45) is 0 Å². The molecule has 0 saturated heterocycles. The van der Waals surface area contributed by atoms with Crippen LogP contribution in [0.1, 0.15) is 20.9 Å². The number of thiophene rings is 1. The highest BCUT2D eigenvalue weighted by molar-refractivity contribution is 7.15. The minimum atomic E-state index is -0.319. The lowest BCUT2D eigenvalue weighted by molar-refractivity contribution is 0.102. The van der Waals surface area contributed by atoms with E-state index in [1.54, 1.807) is 29.5 Å². The molecule has 0 spiro atoms. The summed E-state index contributed by atoms with van der Waals surface area (Å²) in [5.74, 6) is 0.162. The molecule has 0 aliphatic carbocycles. The zero-order chi connectivity index (χ0) is 15.7. The van der Waals surface area contributed by atoms with Crippen LogP contribution in [0, 0.1) is 13.8 Å². The number of nitrogens with zero attached hydrogens (tertiary/aromatic N) is 1. The maximum atomic E-state index is 12.5. The van der Waals surface area contributed by atoms with Gasteiger partial charge in [0.05, 0.1) is 4.88 Å². The zero-order valence-electron chi connectivity index (χ0n) is 12.0. The topological polar surface area (TPSA) is 55.1 Å². The smallest absolute Gasteiger partial charge is 0.278 e. The third-order valence-electron chi connectivity index (χ3n) is 3.26. The van der Waals surface area contributed by atoms with E-state index in [1.807, 2.05) is 26.0 Å². The van der Waals surface area contributed by atoms with E-state index in [0.29, 0.717) is 16.5 Å². The van der Waals surface area contributed by atoms with E-state index in [0.717, 1.165) is 15.3 Å². The second-order valence-electron chi connectivity index (χ2n) is 4.81. The SMILES string of the molecule is Cc1ccc(-c2ocnc2C(=O)Nc2cccc(Cl)c2C)s1. The number of anilines is 1. The number of oxazole rings is 1. The van der Waals surface area contributed by atoms with E-state index in [4.69, 9.17) is 16.0 Å². The van der Waals surface area contributed by atoms with Crippen LogP contribution in [-0.2, 0) is 0 Å². The number of amides is 1. The van der Waals surface area contributed by atoms with Crippen LogP contribution in [0.2, 0.25) is 5.02 Å². The number of carbonyl (C=O) groups excluding carboxylic acids is 1. The molecule has 112 valence electrons. The van der Waals surface area contributed by atoms with Crippen LogP contribution < -0.4 is 5.32 Å². The van der Waals surface area contributed by atoms with Crippen molar-refractivity contribution >= 4 is 34.5 Å². The number of halogens is 1. The molecule has 0 radical (unpaired) electrons. The van der Waals surface area contributed by atoms with Gasteiger partial charge in [-0.2, -0.15) is 0 Å². The lowest BCUT2D eigenvalue weighted by Crippen LogP contribution is -2.14. The molecule has 0 aliphatic rings. The summed E-state index contributed by atoms with van der Waals surface area (Å²) in [5.41, 5.74) is 1.74. The van der Waals surface area contributed by atoms with Gasteiger partial charge in [-0.05, 0) is 43.7 Å². The van der Waals surface area contributed by atoms with Crippen molar-refractivity contribution < 1.29 is 9.21 Å². The first-order valence-corrected chi connectivity index (χ1v) is 7.82. The van der Waals surface area contributed by atoms with Crippen LogP contribution in [0.15, 0.2) is 41.1 Å². The van der Waals surface area contributed by atoms with Gasteiger partial charge < -0.3 is 9.73 Å². The van der Waals surface area contributed by atoms with Crippen molar-refractivity contribution in [1.29, 1.82) is 0 Å². The normalized spacial score (nSPS) is 10.7. The summed E-state index contributed by atoms with van der Waals surface area (Å²) in [6.45, 7) is 3.85. The Bertz CT molecular complexity index is 838. The van der Waals surface area contributed by atoms with E-state index < -0.39 is 0 Å². The van der Waals surface area contributed by atoms with Gasteiger partial charge in [-0.3, -0.25) is 4.79 Å². The van der Waals surface area contributed by atoms with Crippen molar-refractivity contribution in [3.05, 3.63) is 57.9 Å². The van der Waals surface area contributed by atoms with Crippen LogP contribution in [0.5, 0.6) is 0 Å². The van der Waals surface area contributed by atoms with E-state index in [1.165, 1.54) is 6.39 Å². The van der Waals surface area contributed by atoms with Gasteiger partial charge in [-0.1, -0.05) is 17.7 Å². The van der Waals surface area contributed by atoms with Crippen LogP contribution in [-0.4, -0.2) is 10.9 Å². The molecule has 1 aromatic carbocycles. The van der Waals surface area contributed by atoms with Gasteiger partial charge >= 0.3 is 0 Å². The summed E-state index contributed by atoms with van der Waals surface area (Å²) >= 11 is 7.62. The number of aromatic nitrogens is 1. The van der Waals surface area contributed by atoms with Crippen molar-refractivity contribution in [2.45, 2.75) is 13.8 Å². The van der Waals surface area contributed by atoms with Gasteiger partial charge in [0.2, 0.25) is 0 Å². The van der Waals surface area contributed by atoms with E-state index >= 15 is 0 Å². The van der Waals surface area contributed by atoms with Crippen molar-refractivity contribution in [3.63, 3.8) is 0 Å². The molecule has 0 bridgehead atoms. The average Bonchev–Trinajstić information content (AvgIpc) is 3.12. The third kappa shape index (κ3) is 2.77. The predicted molar refractivity (Wildman–Crippen MR) is 88.7 cm³/mol. The summed E-state index contributed by atoms with van der Waals surface area (Å²) in [6.07, 6.45) is 1.28. The highest BCUT2D eigenvalue weighted by atomic mass is 35.5. The summed E-state index contributed by atoms with van der Waals surface area (Å²) in [5, 5.41) is 3.43. The molecule has 2 aromatic heterocycles. The molecule has 6 heteroatoms. The first-order chi connectivity index (χ1) is 10.6. The molecule has 0 saturated carbocycles. The molecule has 0 aliphatic heterocycles. The number of nitrogens with one attached hydrogen (secondary N) is 1. The third-order valence-corrected chi connectivity index (χ3v) is 4.67. The molecule has 0 unspecified atom stereocenters. The molecule has 0 fully saturated rings. The average molecular weight is 333 g/mol. The Balaban J connectivity index is 1.91. The summed E-state index contributed by atoms with van der Waals surface area (Å²) < 4.78 is 5.39. The van der Waals surface area contributed by atoms with Gasteiger partial charge in [0, 0.05) is 15.6 Å². The Morgan fingerprint density at radius 2 is 2.09 bits per heavy atom. The Morgan fingerprint density at radius 1 is 1.27 bits per heavy atom. The number of carbonyl (C=O) groups is 1.